The van der Waals surface area contributed by atoms with E-state index in [-0.39, 0.29) is 11.6 Å². The predicted octanol–water partition coefficient (Wildman–Crippen LogP) is 3.78. The average molecular weight is 364 g/mol. The van der Waals surface area contributed by atoms with E-state index in [0.29, 0.717) is 22.0 Å². The molecule has 3 aromatic rings. The maximum atomic E-state index is 12.7. The van der Waals surface area contributed by atoms with Gasteiger partial charge in [-0.3, -0.25) is 4.79 Å². The summed E-state index contributed by atoms with van der Waals surface area (Å²) in [5, 5.41) is 4.18. The number of aromatic nitrogens is 2. The zero-order valence-corrected chi connectivity index (χ0v) is 15.1. The number of nitrogens with zero attached hydrogens (tertiary/aromatic N) is 2. The van der Waals surface area contributed by atoms with Gasteiger partial charge < -0.3 is 14.3 Å². The van der Waals surface area contributed by atoms with Crippen molar-refractivity contribution in [3.63, 3.8) is 0 Å². The lowest BCUT2D eigenvalue weighted by Crippen LogP contribution is -2.29. The Morgan fingerprint density at radius 1 is 1.12 bits per heavy atom. The van der Waals surface area contributed by atoms with Gasteiger partial charge in [0.05, 0.1) is 10.0 Å². The topological polar surface area (TPSA) is 38.4 Å². The van der Waals surface area contributed by atoms with E-state index in [1.165, 1.54) is 0 Å². The van der Waals surface area contributed by atoms with Crippen molar-refractivity contribution in [3.05, 3.63) is 74.4 Å². The highest BCUT2D eigenvalue weighted by Crippen LogP contribution is 2.24. The first-order valence-electron chi connectivity index (χ1n) is 7.81. The smallest absolute Gasteiger partial charge is 0.275 e. The van der Waals surface area contributed by atoms with Crippen LogP contribution in [-0.4, -0.2) is 22.6 Å². The average Bonchev–Trinajstić information content (AvgIpc) is 2.95. The molecule has 0 fully saturated rings. The maximum absolute atomic E-state index is 12.7. The highest BCUT2D eigenvalue weighted by molar-refractivity contribution is 6.42. The van der Waals surface area contributed by atoms with Crippen LogP contribution in [0, 0.1) is 0 Å². The molecular weight excluding hydrogens is 345 g/mol. The molecule has 3 rings (SSSR count). The molecule has 1 aromatic carbocycles. The van der Waals surface area contributed by atoms with Crippen molar-refractivity contribution in [2.24, 2.45) is 0 Å². The first-order valence-corrected chi connectivity index (χ1v) is 8.56. The quantitative estimate of drug-likeness (QED) is 0.748. The number of halogens is 2. The first kappa shape index (κ1) is 17.1. The van der Waals surface area contributed by atoms with Crippen molar-refractivity contribution >= 4 is 28.7 Å². The molecule has 0 aliphatic carbocycles. The fourth-order valence-electron chi connectivity index (χ4n) is 2.92. The molecule has 0 spiro atoms. The van der Waals surface area contributed by atoms with Crippen LogP contribution in [0.15, 0.2) is 47.5 Å². The Labute approximate surface area is 150 Å². The van der Waals surface area contributed by atoms with E-state index < -0.39 is 0 Å². The second kappa shape index (κ2) is 7.01. The van der Waals surface area contributed by atoms with Gasteiger partial charge in [-0.25, -0.2) is 0 Å². The number of hydrogen-bond acceptors (Lipinski definition) is 2. The number of nitrogens with one attached hydrogen (secondary N) is 1. The van der Waals surface area contributed by atoms with E-state index in [1.54, 1.807) is 10.6 Å². The highest BCUT2D eigenvalue weighted by Gasteiger charge is 2.11. The standard InChI is InChI=1S/C18H19Cl2N3O/c1-12(11-21-2)22-7-8-23-14(4-6-17(23)18(22)24)9-13-3-5-15(19)16(20)10-13/h3-8,10,12,21H,9,11H2,1-2H3/t12-/m1/s1. The largest absolute Gasteiger partial charge is 0.318 e. The van der Waals surface area contributed by atoms with Crippen LogP contribution in [0.25, 0.3) is 5.52 Å². The van der Waals surface area contributed by atoms with Gasteiger partial charge in [0.25, 0.3) is 5.56 Å². The zero-order chi connectivity index (χ0) is 17.3. The molecule has 0 unspecified atom stereocenters. The SMILES string of the molecule is CNC[C@@H](C)n1ccn2c(Cc3ccc(Cl)c(Cl)c3)ccc2c1=O. The Kier molecular flexibility index (Phi) is 4.99. The molecule has 6 heteroatoms. The summed E-state index contributed by atoms with van der Waals surface area (Å²) in [6.07, 6.45) is 4.46. The third kappa shape index (κ3) is 3.22. The summed E-state index contributed by atoms with van der Waals surface area (Å²) in [5.41, 5.74) is 2.78. The van der Waals surface area contributed by atoms with E-state index in [2.05, 4.69) is 5.32 Å². The molecule has 0 saturated carbocycles. The molecule has 0 bridgehead atoms. The van der Waals surface area contributed by atoms with Gasteiger partial charge >= 0.3 is 0 Å². The number of rotatable bonds is 5. The van der Waals surface area contributed by atoms with Crippen molar-refractivity contribution in [1.29, 1.82) is 0 Å². The van der Waals surface area contributed by atoms with Crippen LogP contribution < -0.4 is 10.9 Å². The zero-order valence-electron chi connectivity index (χ0n) is 13.6. The molecular formula is C18H19Cl2N3O. The fraction of sp³-hybridized carbons (Fsp3) is 0.278. The number of fused-ring (bicyclic) bond motifs is 1. The number of benzene rings is 1. The van der Waals surface area contributed by atoms with Crippen molar-refractivity contribution in [2.45, 2.75) is 19.4 Å². The van der Waals surface area contributed by atoms with Crippen LogP contribution >= 0.6 is 23.2 Å². The van der Waals surface area contributed by atoms with Crippen LogP contribution in [0.1, 0.15) is 24.2 Å². The van der Waals surface area contributed by atoms with Crippen LogP contribution in [0.4, 0.5) is 0 Å². The van der Waals surface area contributed by atoms with Gasteiger partial charge in [0.2, 0.25) is 0 Å². The monoisotopic (exact) mass is 363 g/mol. The normalized spacial score (nSPS) is 12.7. The second-order valence-corrected chi connectivity index (χ2v) is 6.74. The molecule has 1 atom stereocenters. The van der Waals surface area contributed by atoms with Crippen LogP contribution in [0.3, 0.4) is 0 Å². The molecule has 4 nitrogen and oxygen atoms in total. The van der Waals surface area contributed by atoms with Crippen molar-refractivity contribution in [2.75, 3.05) is 13.6 Å². The minimum atomic E-state index is 0.0145. The third-order valence-corrected chi connectivity index (χ3v) is 4.92. The molecule has 0 saturated heterocycles. The predicted molar refractivity (Wildman–Crippen MR) is 99.6 cm³/mol. The maximum Gasteiger partial charge on any atom is 0.275 e. The van der Waals surface area contributed by atoms with Crippen molar-refractivity contribution in [1.82, 2.24) is 14.3 Å². The van der Waals surface area contributed by atoms with E-state index in [1.807, 2.05) is 55.0 Å². The van der Waals surface area contributed by atoms with Crippen LogP contribution in [0.5, 0.6) is 0 Å². The molecule has 0 amide bonds. The summed E-state index contributed by atoms with van der Waals surface area (Å²) < 4.78 is 3.70. The summed E-state index contributed by atoms with van der Waals surface area (Å²) in [6.45, 7) is 2.76. The van der Waals surface area contributed by atoms with Crippen molar-refractivity contribution in [3.8, 4) is 0 Å². The summed E-state index contributed by atoms with van der Waals surface area (Å²) in [4.78, 5) is 12.7. The summed E-state index contributed by atoms with van der Waals surface area (Å²) >= 11 is 12.0. The molecule has 2 heterocycles. The Hall–Kier alpha value is -1.75. The second-order valence-electron chi connectivity index (χ2n) is 5.92. The highest BCUT2D eigenvalue weighted by atomic mass is 35.5. The minimum Gasteiger partial charge on any atom is -0.318 e. The molecule has 24 heavy (non-hydrogen) atoms. The molecule has 2 aromatic heterocycles. The van der Waals surface area contributed by atoms with Crippen molar-refractivity contribution < 1.29 is 0 Å². The van der Waals surface area contributed by atoms with E-state index >= 15 is 0 Å². The molecule has 0 aliphatic rings. The number of hydrogen-bond donors (Lipinski definition) is 1. The summed E-state index contributed by atoms with van der Waals surface area (Å²) in [7, 11) is 1.88. The van der Waals surface area contributed by atoms with Gasteiger partial charge in [0, 0.05) is 37.1 Å². The van der Waals surface area contributed by atoms with E-state index in [0.717, 1.165) is 17.8 Å². The third-order valence-electron chi connectivity index (χ3n) is 4.18. The van der Waals surface area contributed by atoms with Gasteiger partial charge in [-0.2, -0.15) is 0 Å². The van der Waals surface area contributed by atoms with Gasteiger partial charge in [0.1, 0.15) is 5.52 Å². The number of likely N-dealkylation sites (N-methyl/N-ethyl adjacent to an activating group) is 1. The first-order chi connectivity index (χ1) is 11.5. The van der Waals surface area contributed by atoms with Crippen LogP contribution in [-0.2, 0) is 6.42 Å². The van der Waals surface area contributed by atoms with Crippen LogP contribution in [0.2, 0.25) is 10.0 Å². The van der Waals surface area contributed by atoms with E-state index in [4.69, 9.17) is 23.2 Å². The van der Waals surface area contributed by atoms with E-state index in [9.17, 15) is 4.79 Å². The fourth-order valence-corrected chi connectivity index (χ4v) is 3.24. The molecule has 1 N–H and O–H groups in total. The van der Waals surface area contributed by atoms with Gasteiger partial charge in [-0.1, -0.05) is 29.3 Å². The Morgan fingerprint density at radius 3 is 2.62 bits per heavy atom. The van der Waals surface area contributed by atoms with Gasteiger partial charge in [-0.05, 0) is 43.8 Å². The lowest BCUT2D eigenvalue weighted by molar-refractivity contribution is 0.503. The molecule has 0 aliphatic heterocycles. The van der Waals surface area contributed by atoms with Gasteiger partial charge in [0.15, 0.2) is 0 Å². The molecule has 126 valence electrons. The lowest BCUT2D eigenvalue weighted by atomic mass is 10.1. The lowest BCUT2D eigenvalue weighted by Gasteiger charge is -2.15. The summed E-state index contributed by atoms with van der Waals surface area (Å²) in [5.74, 6) is 0. The Balaban J connectivity index is 1.97. The summed E-state index contributed by atoms with van der Waals surface area (Å²) in [6, 6.07) is 9.55. The Bertz CT molecular complexity index is 930. The minimum absolute atomic E-state index is 0.0145. The van der Waals surface area contributed by atoms with Gasteiger partial charge in [-0.15, -0.1) is 0 Å². The molecule has 0 radical (unpaired) electrons. The Morgan fingerprint density at radius 2 is 1.92 bits per heavy atom.